The molecule has 5 nitrogen and oxygen atoms in total. The number of hydrogen-bond acceptors (Lipinski definition) is 4. The minimum Gasteiger partial charge on any atom is -0.389 e. The van der Waals surface area contributed by atoms with Gasteiger partial charge in [0.2, 0.25) is 0 Å². The first-order valence-corrected chi connectivity index (χ1v) is 5.48. The smallest absolute Gasteiger partial charge is 0.384 e. The summed E-state index contributed by atoms with van der Waals surface area (Å²) in [4.78, 5) is 26.6. The second kappa shape index (κ2) is 4.10. The van der Waals surface area contributed by atoms with Crippen molar-refractivity contribution in [1.29, 1.82) is 0 Å². The fraction of sp³-hybridized carbons (Fsp3) is 0.667. The van der Waals surface area contributed by atoms with Gasteiger partial charge in [0.1, 0.15) is 6.61 Å². The number of aliphatic hydroxyl groups excluding tert-OH is 1. The van der Waals surface area contributed by atoms with E-state index in [9.17, 15) is 9.36 Å². The molecule has 0 rings (SSSR count). The lowest BCUT2D eigenvalue weighted by atomic mass is 10.5. The molecule has 0 spiro atoms. The molecular formula is C3H7O5PS. The second-order valence-corrected chi connectivity index (χ2v) is 5.19. The van der Waals surface area contributed by atoms with Gasteiger partial charge in [0.05, 0.1) is 5.75 Å². The van der Waals surface area contributed by atoms with Crippen molar-refractivity contribution in [3.05, 3.63) is 0 Å². The lowest BCUT2D eigenvalue weighted by Gasteiger charge is -1.99. The number of carbonyl (C=O) groups excluding carboxylic acids is 1. The average molecular weight is 186 g/mol. The van der Waals surface area contributed by atoms with E-state index < -0.39 is 19.2 Å². The van der Waals surface area contributed by atoms with E-state index in [1.165, 1.54) is 0 Å². The highest BCUT2D eigenvalue weighted by molar-refractivity contribution is 8.54. The van der Waals surface area contributed by atoms with Gasteiger partial charge in [-0.05, 0) is 11.4 Å². The van der Waals surface area contributed by atoms with Crippen molar-refractivity contribution in [1.82, 2.24) is 0 Å². The van der Waals surface area contributed by atoms with Gasteiger partial charge in [0, 0.05) is 0 Å². The Morgan fingerprint density at radius 1 is 1.50 bits per heavy atom. The van der Waals surface area contributed by atoms with E-state index in [2.05, 4.69) is 0 Å². The maximum atomic E-state index is 10.2. The summed E-state index contributed by atoms with van der Waals surface area (Å²) in [7, 11) is 0. The van der Waals surface area contributed by atoms with Gasteiger partial charge in [-0.2, -0.15) is 0 Å². The number of hydrogen-bond donors (Lipinski definition) is 3. The molecule has 0 amide bonds. The highest BCUT2D eigenvalue weighted by Gasteiger charge is 2.15. The van der Waals surface area contributed by atoms with Crippen molar-refractivity contribution in [2.45, 2.75) is 0 Å². The normalized spacial score (nSPS) is 11.5. The molecule has 0 heterocycles. The molecule has 10 heavy (non-hydrogen) atoms. The molecule has 60 valence electrons. The first kappa shape index (κ1) is 10.1. The fourth-order valence-corrected chi connectivity index (χ4v) is 1.54. The van der Waals surface area contributed by atoms with Crippen molar-refractivity contribution < 1.29 is 24.3 Å². The van der Waals surface area contributed by atoms with Gasteiger partial charge in [0.15, 0.2) is 5.78 Å². The average Bonchev–Trinajstić information content (AvgIpc) is 1.81. The SMILES string of the molecule is O=C(CO)CSP(=O)(O)O. The van der Waals surface area contributed by atoms with Crippen LogP contribution in [0.1, 0.15) is 0 Å². The zero-order valence-electron chi connectivity index (χ0n) is 4.93. The molecule has 0 bridgehead atoms. The monoisotopic (exact) mass is 186 g/mol. The standard InChI is InChI=1S/C3H7O5PS/c4-1-3(5)2-10-9(6,7)8/h4H,1-2H2,(H2,6,7,8). The zero-order valence-corrected chi connectivity index (χ0v) is 6.64. The number of Topliss-reactive ketones (excluding diaryl/α,β-unsaturated/α-hetero) is 1. The molecule has 0 aromatic heterocycles. The summed E-state index contributed by atoms with van der Waals surface area (Å²) < 4.78 is 10.1. The lowest BCUT2D eigenvalue weighted by Crippen LogP contribution is -2.05. The molecule has 0 saturated heterocycles. The molecule has 0 unspecified atom stereocenters. The third kappa shape index (κ3) is 6.25. The van der Waals surface area contributed by atoms with E-state index >= 15 is 0 Å². The van der Waals surface area contributed by atoms with Crippen LogP contribution in [0.15, 0.2) is 0 Å². The van der Waals surface area contributed by atoms with Gasteiger partial charge >= 0.3 is 6.80 Å². The van der Waals surface area contributed by atoms with Crippen molar-refractivity contribution in [3.8, 4) is 0 Å². The molecule has 0 aliphatic rings. The van der Waals surface area contributed by atoms with E-state index in [-0.39, 0.29) is 17.1 Å². The Labute approximate surface area is 61.3 Å². The Morgan fingerprint density at radius 2 is 2.00 bits per heavy atom. The molecule has 3 N–H and O–H groups in total. The third-order valence-electron chi connectivity index (χ3n) is 0.570. The molecule has 7 heteroatoms. The summed E-state index contributed by atoms with van der Waals surface area (Å²) in [6, 6.07) is 0. The van der Waals surface area contributed by atoms with E-state index in [1.807, 2.05) is 0 Å². The summed E-state index contributed by atoms with van der Waals surface area (Å²) in [5.41, 5.74) is 0. The van der Waals surface area contributed by atoms with Crippen LogP contribution in [0.25, 0.3) is 0 Å². The number of aliphatic hydroxyl groups is 1. The minimum atomic E-state index is -4.15. The third-order valence-corrected chi connectivity index (χ3v) is 2.75. The first-order valence-electron chi connectivity index (χ1n) is 2.28. The molecule has 0 atom stereocenters. The summed E-state index contributed by atoms with van der Waals surface area (Å²) in [5, 5.41) is 8.12. The van der Waals surface area contributed by atoms with Crippen molar-refractivity contribution in [3.63, 3.8) is 0 Å². The highest BCUT2D eigenvalue weighted by Crippen LogP contribution is 2.49. The summed E-state index contributed by atoms with van der Waals surface area (Å²) in [6.45, 7) is -4.82. The number of carbonyl (C=O) groups is 1. The first-order chi connectivity index (χ1) is 4.45. The largest absolute Gasteiger partial charge is 0.389 e. The van der Waals surface area contributed by atoms with Gasteiger partial charge in [-0.25, -0.2) is 4.57 Å². The maximum Gasteiger partial charge on any atom is 0.384 e. The van der Waals surface area contributed by atoms with Crippen LogP contribution in [-0.4, -0.2) is 33.0 Å². The number of ketones is 1. The van der Waals surface area contributed by atoms with Crippen LogP contribution in [0.2, 0.25) is 0 Å². The van der Waals surface area contributed by atoms with Crippen LogP contribution >= 0.6 is 18.2 Å². The summed E-state index contributed by atoms with van der Waals surface area (Å²) in [5.74, 6) is -0.936. The number of rotatable bonds is 4. The molecule has 0 saturated carbocycles. The van der Waals surface area contributed by atoms with E-state index in [0.29, 0.717) is 0 Å². The molecule has 0 aromatic carbocycles. The van der Waals surface area contributed by atoms with Crippen LogP contribution in [0.5, 0.6) is 0 Å². The van der Waals surface area contributed by atoms with Crippen LogP contribution in [0, 0.1) is 0 Å². The Bertz CT molecular complexity index is 162. The summed E-state index contributed by atoms with van der Waals surface area (Å²) in [6.07, 6.45) is 0. The molecule has 0 aliphatic heterocycles. The van der Waals surface area contributed by atoms with Crippen molar-refractivity contribution >= 4 is 24.0 Å². The van der Waals surface area contributed by atoms with Crippen molar-refractivity contribution in [2.24, 2.45) is 0 Å². The molecule has 0 aromatic rings. The predicted octanol–water partition coefficient (Wildman–Crippen LogP) is -0.626. The topological polar surface area (TPSA) is 94.8 Å². The minimum absolute atomic E-state index is 0.223. The Balaban J connectivity index is 3.56. The van der Waals surface area contributed by atoms with Gasteiger partial charge in [-0.15, -0.1) is 0 Å². The van der Waals surface area contributed by atoms with Crippen LogP contribution < -0.4 is 0 Å². The van der Waals surface area contributed by atoms with Gasteiger partial charge in [0.25, 0.3) is 0 Å². The van der Waals surface area contributed by atoms with Gasteiger partial charge < -0.3 is 14.9 Å². The molecule has 0 radical (unpaired) electrons. The molecular weight excluding hydrogens is 179 g/mol. The van der Waals surface area contributed by atoms with E-state index in [1.54, 1.807) is 0 Å². The Hall–Kier alpha value is 0.130. The molecule has 0 fully saturated rings. The van der Waals surface area contributed by atoms with Gasteiger partial charge in [-0.3, -0.25) is 4.79 Å². The predicted molar refractivity (Wildman–Crippen MR) is 36.6 cm³/mol. The zero-order chi connectivity index (χ0) is 8.20. The Morgan fingerprint density at radius 3 is 2.30 bits per heavy atom. The van der Waals surface area contributed by atoms with Crippen LogP contribution in [0.4, 0.5) is 0 Å². The molecule has 0 aliphatic carbocycles. The van der Waals surface area contributed by atoms with Gasteiger partial charge in [-0.1, -0.05) is 0 Å². The highest BCUT2D eigenvalue weighted by atomic mass is 32.7. The van der Waals surface area contributed by atoms with E-state index in [0.717, 1.165) is 0 Å². The second-order valence-electron chi connectivity index (χ2n) is 1.46. The quantitative estimate of drug-likeness (QED) is 0.506. The van der Waals surface area contributed by atoms with Crippen LogP contribution in [0.3, 0.4) is 0 Å². The lowest BCUT2D eigenvalue weighted by molar-refractivity contribution is -0.119. The van der Waals surface area contributed by atoms with E-state index in [4.69, 9.17) is 14.9 Å². The van der Waals surface area contributed by atoms with Crippen LogP contribution in [-0.2, 0) is 9.36 Å². The van der Waals surface area contributed by atoms with Crippen molar-refractivity contribution in [2.75, 3.05) is 12.4 Å². The Kier molecular flexibility index (Phi) is 4.15. The maximum absolute atomic E-state index is 10.2. The fourth-order valence-electron chi connectivity index (χ4n) is 0.202. The summed E-state index contributed by atoms with van der Waals surface area (Å²) >= 11 is 0.223.